The lowest BCUT2D eigenvalue weighted by molar-refractivity contribution is -0.118. The Hall–Kier alpha value is -1.36. The normalized spacial score (nSPS) is 10.0. The SMILES string of the molecule is CNCCC(=O)N(Cc1cccs1)c1ccc(C)cc1.Cl. The number of aryl methyl sites for hydroxylation is 1. The quantitative estimate of drug-likeness (QED) is 0.880. The van der Waals surface area contributed by atoms with Crippen molar-refractivity contribution in [1.29, 1.82) is 0 Å². The fourth-order valence-corrected chi connectivity index (χ4v) is 2.67. The Kier molecular flexibility index (Phi) is 7.43. The summed E-state index contributed by atoms with van der Waals surface area (Å²) in [6.45, 7) is 3.39. The average Bonchev–Trinajstić information content (AvgIpc) is 2.96. The van der Waals surface area contributed by atoms with Crippen molar-refractivity contribution in [2.75, 3.05) is 18.5 Å². The second kappa shape index (κ2) is 8.82. The van der Waals surface area contributed by atoms with Gasteiger partial charge in [0.25, 0.3) is 0 Å². The van der Waals surface area contributed by atoms with Crippen molar-refractivity contribution < 1.29 is 4.79 Å². The first-order valence-corrected chi connectivity index (χ1v) is 7.62. The number of halogens is 1. The Labute approximate surface area is 136 Å². The zero-order valence-electron chi connectivity index (χ0n) is 12.3. The zero-order valence-corrected chi connectivity index (χ0v) is 14.0. The van der Waals surface area contributed by atoms with Gasteiger partial charge in [-0.2, -0.15) is 0 Å². The van der Waals surface area contributed by atoms with Gasteiger partial charge in [0.2, 0.25) is 5.91 Å². The third-order valence-electron chi connectivity index (χ3n) is 3.13. The molecule has 0 aliphatic heterocycles. The number of carbonyl (C=O) groups excluding carboxylic acids is 1. The number of amides is 1. The Balaban J connectivity index is 0.00000220. The van der Waals surface area contributed by atoms with E-state index in [-0.39, 0.29) is 18.3 Å². The molecule has 5 heteroatoms. The molecule has 0 fully saturated rings. The summed E-state index contributed by atoms with van der Waals surface area (Å²) in [5, 5.41) is 5.07. The molecule has 3 nitrogen and oxygen atoms in total. The van der Waals surface area contributed by atoms with Crippen molar-refractivity contribution in [1.82, 2.24) is 5.32 Å². The van der Waals surface area contributed by atoms with E-state index in [0.29, 0.717) is 19.5 Å². The number of carbonyl (C=O) groups is 1. The molecule has 1 aromatic heterocycles. The van der Waals surface area contributed by atoms with Crippen LogP contribution < -0.4 is 10.2 Å². The highest BCUT2D eigenvalue weighted by molar-refractivity contribution is 7.09. The number of nitrogens with one attached hydrogen (secondary N) is 1. The molecule has 1 aromatic carbocycles. The summed E-state index contributed by atoms with van der Waals surface area (Å²) in [5.74, 6) is 0.150. The summed E-state index contributed by atoms with van der Waals surface area (Å²) < 4.78 is 0. The lowest BCUT2D eigenvalue weighted by Crippen LogP contribution is -2.32. The predicted molar refractivity (Wildman–Crippen MR) is 92.5 cm³/mol. The number of rotatable bonds is 6. The van der Waals surface area contributed by atoms with Gasteiger partial charge in [0.05, 0.1) is 6.54 Å². The second-order valence-electron chi connectivity index (χ2n) is 4.75. The molecular weight excluding hydrogens is 304 g/mol. The molecule has 114 valence electrons. The minimum atomic E-state index is 0. The van der Waals surface area contributed by atoms with Gasteiger partial charge in [-0.15, -0.1) is 23.7 Å². The van der Waals surface area contributed by atoms with E-state index in [9.17, 15) is 4.79 Å². The molecule has 2 rings (SSSR count). The van der Waals surface area contributed by atoms with Crippen molar-refractivity contribution in [3.63, 3.8) is 0 Å². The molecule has 1 amide bonds. The van der Waals surface area contributed by atoms with E-state index < -0.39 is 0 Å². The average molecular weight is 325 g/mol. The molecule has 0 unspecified atom stereocenters. The van der Waals surface area contributed by atoms with Crippen LogP contribution >= 0.6 is 23.7 Å². The smallest absolute Gasteiger partial charge is 0.228 e. The molecule has 0 spiro atoms. The highest BCUT2D eigenvalue weighted by Gasteiger charge is 2.16. The Bertz CT molecular complexity index is 540. The standard InChI is InChI=1S/C16H20N2OS.ClH/c1-13-5-7-14(8-6-13)18(16(19)9-10-17-2)12-15-4-3-11-20-15;/h3-8,11,17H,9-10,12H2,1-2H3;1H. The lowest BCUT2D eigenvalue weighted by Gasteiger charge is -2.22. The van der Waals surface area contributed by atoms with Crippen LogP contribution in [0, 0.1) is 6.92 Å². The van der Waals surface area contributed by atoms with Crippen molar-refractivity contribution in [2.24, 2.45) is 0 Å². The Morgan fingerprint density at radius 2 is 1.95 bits per heavy atom. The number of nitrogens with zero attached hydrogens (tertiary/aromatic N) is 1. The van der Waals surface area contributed by atoms with Crippen LogP contribution in [0.1, 0.15) is 16.9 Å². The largest absolute Gasteiger partial charge is 0.319 e. The van der Waals surface area contributed by atoms with Gasteiger partial charge in [0.1, 0.15) is 0 Å². The summed E-state index contributed by atoms with van der Waals surface area (Å²) >= 11 is 1.68. The molecule has 0 aliphatic rings. The molecule has 21 heavy (non-hydrogen) atoms. The number of hydrogen-bond donors (Lipinski definition) is 1. The van der Waals surface area contributed by atoms with Crippen molar-refractivity contribution in [2.45, 2.75) is 19.9 Å². The summed E-state index contributed by atoms with van der Waals surface area (Å²) in [5.41, 5.74) is 2.16. The molecule has 0 aliphatic carbocycles. The van der Waals surface area contributed by atoms with Crippen LogP contribution in [-0.4, -0.2) is 19.5 Å². The number of anilines is 1. The highest BCUT2D eigenvalue weighted by Crippen LogP contribution is 2.21. The number of benzene rings is 1. The summed E-state index contributed by atoms with van der Waals surface area (Å²) in [7, 11) is 1.86. The van der Waals surface area contributed by atoms with Gasteiger partial charge in [-0.1, -0.05) is 23.8 Å². The molecule has 0 radical (unpaired) electrons. The second-order valence-corrected chi connectivity index (χ2v) is 5.78. The number of thiophene rings is 1. The Morgan fingerprint density at radius 1 is 1.24 bits per heavy atom. The third kappa shape index (κ3) is 5.16. The summed E-state index contributed by atoms with van der Waals surface area (Å²) in [4.78, 5) is 15.5. The maximum atomic E-state index is 12.4. The fourth-order valence-electron chi connectivity index (χ4n) is 1.97. The van der Waals surface area contributed by atoms with Gasteiger partial charge in [0.15, 0.2) is 0 Å². The first-order chi connectivity index (χ1) is 9.70. The molecular formula is C16H21ClN2OS. The molecule has 2 aromatic rings. The maximum Gasteiger partial charge on any atom is 0.228 e. The van der Waals surface area contributed by atoms with Gasteiger partial charge in [-0.25, -0.2) is 0 Å². The summed E-state index contributed by atoms with van der Waals surface area (Å²) in [6, 6.07) is 12.2. The van der Waals surface area contributed by atoms with E-state index in [1.807, 2.05) is 47.7 Å². The van der Waals surface area contributed by atoms with E-state index in [0.717, 1.165) is 5.69 Å². The van der Waals surface area contributed by atoms with Crippen molar-refractivity contribution in [3.8, 4) is 0 Å². The van der Waals surface area contributed by atoms with Crippen LogP contribution in [0.3, 0.4) is 0 Å². The molecule has 1 heterocycles. The van der Waals surface area contributed by atoms with Crippen LogP contribution in [0.4, 0.5) is 5.69 Å². The Morgan fingerprint density at radius 3 is 2.52 bits per heavy atom. The molecule has 1 N–H and O–H groups in total. The van der Waals surface area contributed by atoms with Crippen molar-refractivity contribution >= 4 is 35.3 Å². The van der Waals surface area contributed by atoms with Gasteiger partial charge in [-0.3, -0.25) is 4.79 Å². The maximum absolute atomic E-state index is 12.4. The topological polar surface area (TPSA) is 32.3 Å². The van der Waals surface area contributed by atoms with E-state index in [2.05, 4.69) is 18.3 Å². The van der Waals surface area contributed by atoms with Crippen LogP contribution in [0.2, 0.25) is 0 Å². The van der Waals surface area contributed by atoms with Gasteiger partial charge in [0, 0.05) is 23.5 Å². The van der Waals surface area contributed by atoms with E-state index >= 15 is 0 Å². The monoisotopic (exact) mass is 324 g/mol. The first-order valence-electron chi connectivity index (χ1n) is 6.74. The fraction of sp³-hybridized carbons (Fsp3) is 0.312. The van der Waals surface area contributed by atoms with Crippen molar-refractivity contribution in [3.05, 3.63) is 52.2 Å². The van der Waals surface area contributed by atoms with Crippen LogP contribution in [0.15, 0.2) is 41.8 Å². The van der Waals surface area contributed by atoms with Gasteiger partial charge >= 0.3 is 0 Å². The number of hydrogen-bond acceptors (Lipinski definition) is 3. The van der Waals surface area contributed by atoms with E-state index in [4.69, 9.17) is 0 Å². The van der Waals surface area contributed by atoms with Crippen LogP contribution in [-0.2, 0) is 11.3 Å². The molecule has 0 atom stereocenters. The van der Waals surface area contributed by atoms with Crippen LogP contribution in [0.25, 0.3) is 0 Å². The van der Waals surface area contributed by atoms with E-state index in [1.165, 1.54) is 10.4 Å². The predicted octanol–water partition coefficient (Wildman–Crippen LogP) is 3.62. The minimum absolute atomic E-state index is 0. The highest BCUT2D eigenvalue weighted by atomic mass is 35.5. The van der Waals surface area contributed by atoms with Gasteiger partial charge in [-0.05, 0) is 37.6 Å². The minimum Gasteiger partial charge on any atom is -0.319 e. The first kappa shape index (κ1) is 17.7. The summed E-state index contributed by atoms with van der Waals surface area (Å²) in [6.07, 6.45) is 0.510. The molecule has 0 saturated carbocycles. The van der Waals surface area contributed by atoms with E-state index in [1.54, 1.807) is 11.3 Å². The molecule has 0 bridgehead atoms. The van der Waals surface area contributed by atoms with Crippen LogP contribution in [0.5, 0.6) is 0 Å². The lowest BCUT2D eigenvalue weighted by atomic mass is 10.2. The molecule has 0 saturated heterocycles. The zero-order chi connectivity index (χ0) is 14.4. The van der Waals surface area contributed by atoms with Gasteiger partial charge < -0.3 is 10.2 Å². The third-order valence-corrected chi connectivity index (χ3v) is 3.99.